The first kappa shape index (κ1) is 16.8. The molecule has 4 nitrogen and oxygen atoms in total. The molecular formula is C23H20N3O+. The maximum atomic E-state index is 12.6. The molecule has 132 valence electrons. The highest BCUT2D eigenvalue weighted by Gasteiger charge is 2.22. The van der Waals surface area contributed by atoms with Crippen LogP contribution in [0.25, 0.3) is 11.4 Å². The summed E-state index contributed by atoms with van der Waals surface area (Å²) in [7, 11) is 0. The summed E-state index contributed by atoms with van der Waals surface area (Å²) < 4.78 is 3.92. The molecule has 3 aromatic carbocycles. The number of aromatic nitrogens is 2. The molecule has 0 spiro atoms. The topological polar surface area (TPSA) is 37.9 Å². The van der Waals surface area contributed by atoms with Crippen LogP contribution >= 0.6 is 0 Å². The van der Waals surface area contributed by atoms with Crippen molar-refractivity contribution < 1.29 is 9.36 Å². The standard InChI is InChI=1S/C23H19N3O/c27-22(20-12-6-2-7-13-20)24-26-17-16-25(18-19-10-4-1-5-11-19)23(26)21-14-8-3-9-15-21/h1-17H,18H2/p+1. The Morgan fingerprint density at radius 1 is 0.815 bits per heavy atom. The van der Waals surface area contributed by atoms with Crippen molar-refractivity contribution in [2.24, 2.45) is 0 Å². The third kappa shape index (κ3) is 3.80. The number of hydrogen-bond acceptors (Lipinski definition) is 1. The van der Waals surface area contributed by atoms with E-state index in [4.69, 9.17) is 0 Å². The summed E-state index contributed by atoms with van der Waals surface area (Å²) in [6, 6.07) is 29.6. The molecule has 0 bridgehead atoms. The van der Waals surface area contributed by atoms with Crippen molar-refractivity contribution in [1.29, 1.82) is 0 Å². The normalized spacial score (nSPS) is 10.5. The number of nitrogens with one attached hydrogen (secondary N) is 1. The van der Waals surface area contributed by atoms with Crippen LogP contribution in [0.4, 0.5) is 0 Å². The highest BCUT2D eigenvalue weighted by molar-refractivity contribution is 6.00. The fourth-order valence-electron chi connectivity index (χ4n) is 3.08. The lowest BCUT2D eigenvalue weighted by Gasteiger charge is -2.07. The van der Waals surface area contributed by atoms with E-state index in [0.717, 1.165) is 17.9 Å². The van der Waals surface area contributed by atoms with Crippen molar-refractivity contribution in [2.75, 3.05) is 5.43 Å². The fourth-order valence-corrected chi connectivity index (χ4v) is 3.08. The van der Waals surface area contributed by atoms with Gasteiger partial charge in [-0.25, -0.2) is 4.57 Å². The smallest absolute Gasteiger partial charge is 0.266 e. The number of nitrogens with zero attached hydrogens (tertiary/aromatic N) is 2. The van der Waals surface area contributed by atoms with Crippen LogP contribution in [0.3, 0.4) is 0 Å². The molecule has 1 heterocycles. The first-order valence-corrected chi connectivity index (χ1v) is 8.88. The molecule has 0 fully saturated rings. The first-order chi connectivity index (χ1) is 13.3. The van der Waals surface area contributed by atoms with E-state index in [2.05, 4.69) is 22.1 Å². The third-order valence-corrected chi connectivity index (χ3v) is 4.38. The molecule has 1 amide bonds. The molecule has 0 aliphatic carbocycles. The molecule has 0 saturated carbocycles. The van der Waals surface area contributed by atoms with Gasteiger partial charge < -0.3 is 0 Å². The molecule has 0 atom stereocenters. The van der Waals surface area contributed by atoms with Crippen molar-refractivity contribution in [2.45, 2.75) is 6.54 Å². The van der Waals surface area contributed by atoms with Gasteiger partial charge in [0.1, 0.15) is 12.7 Å². The van der Waals surface area contributed by atoms with Crippen LogP contribution in [0.2, 0.25) is 0 Å². The average Bonchev–Trinajstić information content (AvgIpc) is 3.12. The van der Waals surface area contributed by atoms with Gasteiger partial charge in [0.05, 0.1) is 5.56 Å². The summed E-state index contributed by atoms with van der Waals surface area (Å²) in [6.45, 7) is 0.722. The second-order valence-corrected chi connectivity index (χ2v) is 6.28. The summed E-state index contributed by atoms with van der Waals surface area (Å²) in [5.41, 5.74) is 5.85. The average molecular weight is 354 g/mol. The van der Waals surface area contributed by atoms with E-state index in [0.29, 0.717) is 5.56 Å². The number of imidazole rings is 1. The zero-order valence-corrected chi connectivity index (χ0v) is 14.8. The van der Waals surface area contributed by atoms with E-state index >= 15 is 0 Å². The lowest BCUT2D eigenvalue weighted by molar-refractivity contribution is -0.676. The van der Waals surface area contributed by atoms with Gasteiger partial charge in [0, 0.05) is 5.56 Å². The second kappa shape index (κ2) is 7.70. The highest BCUT2D eigenvalue weighted by Crippen LogP contribution is 2.16. The van der Waals surface area contributed by atoms with Gasteiger partial charge in [-0.3, -0.25) is 4.79 Å². The summed E-state index contributed by atoms with van der Waals surface area (Å²) in [5, 5.41) is 0. The number of carbonyl (C=O) groups excluding carboxylic acids is 1. The minimum Gasteiger partial charge on any atom is -0.266 e. The van der Waals surface area contributed by atoms with E-state index in [9.17, 15) is 4.79 Å². The van der Waals surface area contributed by atoms with Gasteiger partial charge in [0.15, 0.2) is 6.20 Å². The number of benzene rings is 3. The Morgan fingerprint density at radius 3 is 2.07 bits per heavy atom. The summed E-state index contributed by atoms with van der Waals surface area (Å²) in [4.78, 5) is 12.6. The van der Waals surface area contributed by atoms with Gasteiger partial charge >= 0.3 is 5.82 Å². The van der Waals surface area contributed by atoms with Gasteiger partial charge in [-0.2, -0.15) is 5.43 Å². The van der Waals surface area contributed by atoms with Crippen LogP contribution in [0, 0.1) is 0 Å². The van der Waals surface area contributed by atoms with Crippen molar-refractivity contribution >= 4 is 5.91 Å². The lowest BCUT2D eigenvalue weighted by Crippen LogP contribution is -2.37. The van der Waals surface area contributed by atoms with E-state index in [1.807, 2.05) is 79.1 Å². The predicted molar refractivity (Wildman–Crippen MR) is 106 cm³/mol. The quantitative estimate of drug-likeness (QED) is 0.543. The molecule has 27 heavy (non-hydrogen) atoms. The maximum absolute atomic E-state index is 12.6. The van der Waals surface area contributed by atoms with E-state index < -0.39 is 0 Å². The molecule has 0 radical (unpaired) electrons. The van der Waals surface area contributed by atoms with Gasteiger partial charge in [-0.15, -0.1) is 4.68 Å². The lowest BCUT2D eigenvalue weighted by atomic mass is 10.2. The molecular weight excluding hydrogens is 334 g/mol. The minimum atomic E-state index is -0.143. The Hall–Kier alpha value is -3.66. The molecule has 4 rings (SSSR count). The van der Waals surface area contributed by atoms with Gasteiger partial charge in [-0.1, -0.05) is 66.7 Å². The van der Waals surface area contributed by atoms with Crippen LogP contribution in [0.1, 0.15) is 15.9 Å². The molecule has 0 unspecified atom stereocenters. The minimum absolute atomic E-state index is 0.143. The number of amides is 1. The number of carbonyl (C=O) groups is 1. The summed E-state index contributed by atoms with van der Waals surface area (Å²) in [5.74, 6) is 0.777. The molecule has 0 aliphatic rings. The fraction of sp³-hybridized carbons (Fsp3) is 0.0435. The van der Waals surface area contributed by atoms with Crippen molar-refractivity contribution in [3.05, 3.63) is 115 Å². The molecule has 4 aromatic rings. The third-order valence-electron chi connectivity index (χ3n) is 4.38. The van der Waals surface area contributed by atoms with Crippen molar-refractivity contribution in [3.63, 3.8) is 0 Å². The predicted octanol–water partition coefficient (Wildman–Crippen LogP) is 3.87. The zero-order valence-electron chi connectivity index (χ0n) is 14.8. The molecule has 1 aromatic heterocycles. The molecule has 1 N–H and O–H groups in total. The molecule has 0 saturated heterocycles. The van der Waals surface area contributed by atoms with E-state index in [-0.39, 0.29) is 5.91 Å². The monoisotopic (exact) mass is 354 g/mol. The number of hydrogen-bond donors (Lipinski definition) is 1. The first-order valence-electron chi connectivity index (χ1n) is 8.88. The summed E-state index contributed by atoms with van der Waals surface area (Å²) >= 11 is 0. The molecule has 0 aliphatic heterocycles. The molecule has 4 heteroatoms. The van der Waals surface area contributed by atoms with Crippen LogP contribution in [-0.4, -0.2) is 10.6 Å². The Kier molecular flexibility index (Phi) is 4.79. The van der Waals surface area contributed by atoms with E-state index in [1.165, 1.54) is 5.56 Å². The Bertz CT molecular complexity index is 1030. The van der Waals surface area contributed by atoms with Crippen LogP contribution in [-0.2, 0) is 6.54 Å². The second-order valence-electron chi connectivity index (χ2n) is 6.28. The van der Waals surface area contributed by atoms with Gasteiger partial charge in [0.25, 0.3) is 5.91 Å². The Morgan fingerprint density at radius 2 is 1.41 bits per heavy atom. The SMILES string of the molecule is O=C(Nn1cc[n+](Cc2ccccc2)c1-c1ccccc1)c1ccccc1. The van der Waals surface area contributed by atoms with Gasteiger partial charge in [0.2, 0.25) is 0 Å². The van der Waals surface area contributed by atoms with E-state index in [1.54, 1.807) is 16.8 Å². The highest BCUT2D eigenvalue weighted by atomic mass is 16.2. The number of rotatable bonds is 5. The van der Waals surface area contributed by atoms with Crippen LogP contribution < -0.4 is 9.99 Å². The zero-order chi connectivity index (χ0) is 18.5. The van der Waals surface area contributed by atoms with Crippen LogP contribution in [0.15, 0.2) is 103 Å². The van der Waals surface area contributed by atoms with Gasteiger partial charge in [-0.05, 0) is 29.8 Å². The van der Waals surface area contributed by atoms with Crippen molar-refractivity contribution in [3.8, 4) is 11.4 Å². The largest absolute Gasteiger partial charge is 0.312 e. The Labute approximate surface area is 158 Å². The summed E-state index contributed by atoms with van der Waals surface area (Å²) in [6.07, 6.45) is 3.87. The maximum Gasteiger partial charge on any atom is 0.312 e. The Balaban J connectivity index is 1.70. The van der Waals surface area contributed by atoms with Crippen molar-refractivity contribution in [1.82, 2.24) is 4.68 Å². The van der Waals surface area contributed by atoms with Crippen LogP contribution in [0.5, 0.6) is 0 Å².